The first kappa shape index (κ1) is 16.7. The molecular weight excluding hydrogens is 256 g/mol. The number of carboxylic acid groups (broad SMARTS) is 1. The van der Waals surface area contributed by atoms with Gasteiger partial charge in [-0.15, -0.1) is 0 Å². The zero-order valence-electron chi connectivity index (χ0n) is 10.6. The third-order valence-corrected chi connectivity index (χ3v) is 2.15. The second-order valence-corrected chi connectivity index (χ2v) is 3.92. The van der Waals surface area contributed by atoms with Crippen LogP contribution in [-0.2, 0) is 14.4 Å². The van der Waals surface area contributed by atoms with E-state index >= 15 is 0 Å². The quantitative estimate of drug-likeness (QED) is 0.411. The molecule has 0 aliphatic rings. The Bertz CT molecular complexity index is 355. The maximum atomic E-state index is 11.7. The van der Waals surface area contributed by atoms with Crippen molar-refractivity contribution in [2.45, 2.75) is 25.8 Å². The summed E-state index contributed by atoms with van der Waals surface area (Å²) >= 11 is 0. The monoisotopic (exact) mass is 274 g/mol. The van der Waals surface area contributed by atoms with Gasteiger partial charge in [0.2, 0.25) is 11.8 Å². The largest absolute Gasteiger partial charge is 0.480 e. The normalized spacial score (nSPS) is 11.4. The van der Waals surface area contributed by atoms with E-state index in [2.05, 4.69) is 5.32 Å². The van der Waals surface area contributed by atoms with Crippen LogP contribution in [0.4, 0.5) is 4.79 Å². The number of amides is 4. The molecule has 0 saturated carbocycles. The van der Waals surface area contributed by atoms with E-state index in [0.29, 0.717) is 6.42 Å². The van der Waals surface area contributed by atoms with Crippen LogP contribution in [0, 0.1) is 0 Å². The van der Waals surface area contributed by atoms with Crippen molar-refractivity contribution in [3.63, 3.8) is 0 Å². The van der Waals surface area contributed by atoms with Gasteiger partial charge in [-0.3, -0.25) is 9.59 Å². The molecule has 0 rings (SSSR count). The molecule has 0 bridgehead atoms. The van der Waals surface area contributed by atoms with Gasteiger partial charge in [-0.25, -0.2) is 9.59 Å². The van der Waals surface area contributed by atoms with Crippen LogP contribution in [0.2, 0.25) is 0 Å². The van der Waals surface area contributed by atoms with Crippen LogP contribution in [0.1, 0.15) is 19.8 Å². The van der Waals surface area contributed by atoms with Gasteiger partial charge < -0.3 is 26.8 Å². The molecule has 0 heterocycles. The highest BCUT2D eigenvalue weighted by molar-refractivity contribution is 5.89. The summed E-state index contributed by atoms with van der Waals surface area (Å²) in [5.41, 5.74) is 9.85. The topological polar surface area (TPSA) is 156 Å². The average Bonchev–Trinajstić information content (AvgIpc) is 2.25. The van der Waals surface area contributed by atoms with Crippen molar-refractivity contribution in [3.05, 3.63) is 0 Å². The number of aliphatic carboxylic acids is 1. The van der Waals surface area contributed by atoms with Gasteiger partial charge in [0.25, 0.3) is 0 Å². The number of carbonyl (C=O) groups is 4. The van der Waals surface area contributed by atoms with Crippen molar-refractivity contribution in [1.29, 1.82) is 0 Å². The van der Waals surface area contributed by atoms with E-state index in [1.807, 2.05) is 0 Å². The Balaban J connectivity index is 4.72. The lowest BCUT2D eigenvalue weighted by molar-refractivity contribution is -0.139. The smallest absolute Gasteiger partial charge is 0.326 e. The van der Waals surface area contributed by atoms with Crippen LogP contribution < -0.4 is 16.8 Å². The van der Waals surface area contributed by atoms with Crippen molar-refractivity contribution in [2.75, 3.05) is 13.1 Å². The van der Waals surface area contributed by atoms with Crippen molar-refractivity contribution in [3.8, 4) is 0 Å². The summed E-state index contributed by atoms with van der Waals surface area (Å²) < 4.78 is 0. The van der Waals surface area contributed by atoms with Gasteiger partial charge in [0.05, 0.1) is 0 Å². The maximum absolute atomic E-state index is 11.7. The Morgan fingerprint density at radius 3 is 1.95 bits per heavy atom. The first-order valence-corrected chi connectivity index (χ1v) is 5.62. The molecule has 0 fully saturated rings. The Hall–Kier alpha value is -2.32. The van der Waals surface area contributed by atoms with Gasteiger partial charge in [-0.1, -0.05) is 13.3 Å². The molecule has 0 spiro atoms. The molecule has 4 amide bonds. The van der Waals surface area contributed by atoms with E-state index in [1.54, 1.807) is 6.92 Å². The van der Waals surface area contributed by atoms with Gasteiger partial charge in [0.15, 0.2) is 0 Å². The molecule has 0 aliphatic carbocycles. The van der Waals surface area contributed by atoms with Gasteiger partial charge in [-0.2, -0.15) is 0 Å². The van der Waals surface area contributed by atoms with Crippen molar-refractivity contribution >= 4 is 23.8 Å². The highest BCUT2D eigenvalue weighted by Gasteiger charge is 2.24. The SMILES string of the molecule is CCC[C@H](NC(=O)N(CC(N)=O)CC(N)=O)C(=O)O. The number of carbonyl (C=O) groups excluding carboxylic acids is 3. The number of nitrogens with two attached hydrogens (primary N) is 2. The van der Waals surface area contributed by atoms with Crippen LogP contribution >= 0.6 is 0 Å². The number of hydrogen-bond acceptors (Lipinski definition) is 4. The van der Waals surface area contributed by atoms with Crippen molar-refractivity contribution < 1.29 is 24.3 Å². The van der Waals surface area contributed by atoms with Gasteiger partial charge in [0, 0.05) is 0 Å². The van der Waals surface area contributed by atoms with Gasteiger partial charge >= 0.3 is 12.0 Å². The molecule has 0 unspecified atom stereocenters. The maximum Gasteiger partial charge on any atom is 0.326 e. The first-order valence-electron chi connectivity index (χ1n) is 5.62. The molecule has 0 aromatic carbocycles. The summed E-state index contributed by atoms with van der Waals surface area (Å²) in [6.45, 7) is 0.715. The summed E-state index contributed by atoms with van der Waals surface area (Å²) in [5.74, 6) is -2.87. The standard InChI is InChI=1S/C10H18N4O5/c1-2-3-6(9(17)18)13-10(19)14(4-7(11)15)5-8(12)16/h6H,2-5H2,1H3,(H2,11,15)(H2,12,16)(H,13,19)(H,17,18)/t6-/m0/s1. The highest BCUT2D eigenvalue weighted by Crippen LogP contribution is 1.99. The molecule has 0 aliphatic heterocycles. The first-order chi connectivity index (χ1) is 8.77. The fraction of sp³-hybridized carbons (Fsp3) is 0.600. The summed E-state index contributed by atoms with van der Waals surface area (Å²) in [4.78, 5) is 44.9. The predicted molar refractivity (Wildman–Crippen MR) is 64.8 cm³/mol. The van der Waals surface area contributed by atoms with E-state index in [9.17, 15) is 19.2 Å². The van der Waals surface area contributed by atoms with Crippen LogP contribution in [-0.4, -0.2) is 53.0 Å². The number of primary amides is 2. The van der Waals surface area contributed by atoms with E-state index in [4.69, 9.17) is 16.6 Å². The minimum Gasteiger partial charge on any atom is -0.480 e. The van der Waals surface area contributed by atoms with Gasteiger partial charge in [-0.05, 0) is 6.42 Å². The van der Waals surface area contributed by atoms with E-state index in [-0.39, 0.29) is 6.42 Å². The molecular formula is C10H18N4O5. The van der Waals surface area contributed by atoms with E-state index < -0.39 is 42.9 Å². The number of rotatable bonds is 8. The number of urea groups is 1. The lowest BCUT2D eigenvalue weighted by atomic mass is 10.2. The number of nitrogens with one attached hydrogen (secondary N) is 1. The fourth-order valence-corrected chi connectivity index (χ4v) is 1.36. The number of nitrogens with zero attached hydrogens (tertiary/aromatic N) is 1. The molecule has 0 saturated heterocycles. The zero-order chi connectivity index (χ0) is 15.0. The van der Waals surface area contributed by atoms with Crippen LogP contribution in [0.15, 0.2) is 0 Å². The fourth-order valence-electron chi connectivity index (χ4n) is 1.36. The third-order valence-electron chi connectivity index (χ3n) is 2.15. The number of carboxylic acids is 1. The van der Waals surface area contributed by atoms with E-state index in [0.717, 1.165) is 4.90 Å². The molecule has 9 nitrogen and oxygen atoms in total. The Morgan fingerprint density at radius 2 is 1.63 bits per heavy atom. The molecule has 0 aromatic rings. The van der Waals surface area contributed by atoms with Crippen molar-refractivity contribution in [1.82, 2.24) is 10.2 Å². The summed E-state index contributed by atoms with van der Waals surface area (Å²) in [6, 6.07) is -1.97. The molecule has 1 atom stereocenters. The number of hydrogen-bond donors (Lipinski definition) is 4. The van der Waals surface area contributed by atoms with Crippen LogP contribution in [0.5, 0.6) is 0 Å². The lowest BCUT2D eigenvalue weighted by Crippen LogP contribution is -2.52. The average molecular weight is 274 g/mol. The van der Waals surface area contributed by atoms with Crippen LogP contribution in [0.3, 0.4) is 0 Å². The Morgan fingerprint density at radius 1 is 1.16 bits per heavy atom. The second kappa shape index (κ2) is 7.90. The third kappa shape index (κ3) is 6.86. The van der Waals surface area contributed by atoms with Crippen LogP contribution in [0.25, 0.3) is 0 Å². The van der Waals surface area contributed by atoms with E-state index in [1.165, 1.54) is 0 Å². The van der Waals surface area contributed by atoms with Crippen molar-refractivity contribution in [2.24, 2.45) is 11.5 Å². The Kier molecular flexibility index (Phi) is 6.94. The Labute approximate surface area is 109 Å². The van der Waals surface area contributed by atoms with Gasteiger partial charge in [0.1, 0.15) is 19.1 Å². The lowest BCUT2D eigenvalue weighted by Gasteiger charge is -2.22. The summed E-state index contributed by atoms with van der Waals surface area (Å²) in [7, 11) is 0. The minimum absolute atomic E-state index is 0.224. The molecule has 0 radical (unpaired) electrons. The molecule has 108 valence electrons. The predicted octanol–water partition coefficient (Wildman–Crippen LogP) is -1.78. The second-order valence-electron chi connectivity index (χ2n) is 3.92. The molecule has 0 aromatic heterocycles. The molecule has 6 N–H and O–H groups in total. The molecule has 9 heteroatoms. The molecule has 19 heavy (non-hydrogen) atoms. The highest BCUT2D eigenvalue weighted by atomic mass is 16.4. The summed E-state index contributed by atoms with van der Waals surface area (Å²) in [5, 5.41) is 11.1. The summed E-state index contributed by atoms with van der Waals surface area (Å²) in [6.07, 6.45) is 0.769. The zero-order valence-corrected chi connectivity index (χ0v) is 10.6. The minimum atomic E-state index is -1.20.